The van der Waals surface area contributed by atoms with Crippen molar-refractivity contribution in [1.82, 2.24) is 15.3 Å². The SMILES string of the molecule is CCC(C)NCc1ncc(-c2c(F)cccc2OC)[nH]1. The number of benzene rings is 1. The number of halogens is 1. The molecular weight excluding hydrogens is 257 g/mol. The lowest BCUT2D eigenvalue weighted by Gasteiger charge is -2.09. The summed E-state index contributed by atoms with van der Waals surface area (Å²) in [5, 5.41) is 3.34. The zero-order valence-electron chi connectivity index (χ0n) is 12.0. The van der Waals surface area contributed by atoms with E-state index in [0.717, 1.165) is 12.2 Å². The Morgan fingerprint density at radius 1 is 1.45 bits per heavy atom. The lowest BCUT2D eigenvalue weighted by Crippen LogP contribution is -2.24. The predicted molar refractivity (Wildman–Crippen MR) is 77.1 cm³/mol. The molecule has 0 aliphatic heterocycles. The van der Waals surface area contributed by atoms with Crippen LogP contribution in [0.2, 0.25) is 0 Å². The lowest BCUT2D eigenvalue weighted by molar-refractivity contribution is 0.413. The van der Waals surface area contributed by atoms with Crippen LogP contribution in [-0.4, -0.2) is 23.1 Å². The molecule has 108 valence electrons. The molecule has 2 aromatic rings. The number of aromatic amines is 1. The van der Waals surface area contributed by atoms with Gasteiger partial charge in [-0.3, -0.25) is 0 Å². The molecule has 1 unspecified atom stereocenters. The van der Waals surface area contributed by atoms with Crippen molar-refractivity contribution in [2.45, 2.75) is 32.9 Å². The normalized spacial score (nSPS) is 12.4. The van der Waals surface area contributed by atoms with Crippen LogP contribution in [0.4, 0.5) is 4.39 Å². The molecule has 5 heteroatoms. The first-order valence-electron chi connectivity index (χ1n) is 6.75. The van der Waals surface area contributed by atoms with Gasteiger partial charge in [-0.05, 0) is 25.5 Å². The Morgan fingerprint density at radius 2 is 2.25 bits per heavy atom. The number of imidazole rings is 1. The van der Waals surface area contributed by atoms with Crippen molar-refractivity contribution in [3.05, 3.63) is 36.0 Å². The topological polar surface area (TPSA) is 49.9 Å². The first-order valence-corrected chi connectivity index (χ1v) is 6.75. The van der Waals surface area contributed by atoms with Crippen LogP contribution in [0.25, 0.3) is 11.3 Å². The maximum Gasteiger partial charge on any atom is 0.136 e. The van der Waals surface area contributed by atoms with Crippen molar-refractivity contribution in [3.8, 4) is 17.0 Å². The molecule has 1 heterocycles. The average Bonchev–Trinajstić information content (AvgIpc) is 2.92. The second-order valence-corrected chi connectivity index (χ2v) is 4.75. The quantitative estimate of drug-likeness (QED) is 0.853. The Hall–Kier alpha value is -1.88. The van der Waals surface area contributed by atoms with Gasteiger partial charge in [-0.1, -0.05) is 13.0 Å². The highest BCUT2D eigenvalue weighted by atomic mass is 19.1. The van der Waals surface area contributed by atoms with Gasteiger partial charge in [0.05, 0.1) is 31.1 Å². The van der Waals surface area contributed by atoms with Crippen LogP contribution in [0.1, 0.15) is 26.1 Å². The van der Waals surface area contributed by atoms with Crippen LogP contribution in [0.15, 0.2) is 24.4 Å². The Morgan fingerprint density at radius 3 is 2.95 bits per heavy atom. The van der Waals surface area contributed by atoms with E-state index in [9.17, 15) is 4.39 Å². The molecule has 0 saturated heterocycles. The van der Waals surface area contributed by atoms with Crippen LogP contribution >= 0.6 is 0 Å². The summed E-state index contributed by atoms with van der Waals surface area (Å²) in [6.07, 6.45) is 2.68. The second kappa shape index (κ2) is 6.52. The van der Waals surface area contributed by atoms with Gasteiger partial charge in [0.1, 0.15) is 17.4 Å². The molecule has 0 fully saturated rings. The molecule has 0 saturated carbocycles. The van der Waals surface area contributed by atoms with Crippen LogP contribution in [0.3, 0.4) is 0 Å². The van der Waals surface area contributed by atoms with Gasteiger partial charge in [-0.2, -0.15) is 0 Å². The second-order valence-electron chi connectivity index (χ2n) is 4.75. The molecule has 0 amide bonds. The smallest absolute Gasteiger partial charge is 0.136 e. The molecule has 0 radical (unpaired) electrons. The number of methoxy groups -OCH3 is 1. The number of nitrogens with zero attached hydrogens (tertiary/aromatic N) is 1. The van der Waals surface area contributed by atoms with Gasteiger partial charge in [0.25, 0.3) is 0 Å². The van der Waals surface area contributed by atoms with E-state index in [1.165, 1.54) is 13.2 Å². The zero-order valence-corrected chi connectivity index (χ0v) is 12.0. The minimum atomic E-state index is -0.325. The van der Waals surface area contributed by atoms with Gasteiger partial charge in [-0.15, -0.1) is 0 Å². The Labute approximate surface area is 118 Å². The fraction of sp³-hybridized carbons (Fsp3) is 0.400. The summed E-state index contributed by atoms with van der Waals surface area (Å²) in [5.74, 6) is 0.954. The van der Waals surface area contributed by atoms with E-state index in [2.05, 4.69) is 29.1 Å². The summed E-state index contributed by atoms with van der Waals surface area (Å²) < 4.78 is 19.2. The highest BCUT2D eigenvalue weighted by molar-refractivity contribution is 5.67. The number of hydrogen-bond donors (Lipinski definition) is 2. The number of nitrogens with one attached hydrogen (secondary N) is 2. The molecule has 1 aromatic heterocycles. The predicted octanol–water partition coefficient (Wildman–Crippen LogP) is 3.11. The summed E-state index contributed by atoms with van der Waals surface area (Å²) >= 11 is 0. The zero-order chi connectivity index (χ0) is 14.5. The van der Waals surface area contributed by atoms with Crippen molar-refractivity contribution >= 4 is 0 Å². The average molecular weight is 277 g/mol. The van der Waals surface area contributed by atoms with Crippen molar-refractivity contribution < 1.29 is 9.13 Å². The van der Waals surface area contributed by atoms with Gasteiger partial charge in [0.2, 0.25) is 0 Å². The van der Waals surface area contributed by atoms with Gasteiger partial charge in [-0.25, -0.2) is 9.37 Å². The highest BCUT2D eigenvalue weighted by Gasteiger charge is 2.14. The largest absolute Gasteiger partial charge is 0.496 e. The summed E-state index contributed by atoms with van der Waals surface area (Å²) in [6.45, 7) is 4.87. The van der Waals surface area contributed by atoms with Gasteiger partial charge >= 0.3 is 0 Å². The van der Waals surface area contributed by atoms with Crippen molar-refractivity contribution in [2.24, 2.45) is 0 Å². The van der Waals surface area contributed by atoms with Crippen molar-refractivity contribution in [3.63, 3.8) is 0 Å². The van der Waals surface area contributed by atoms with E-state index >= 15 is 0 Å². The molecule has 20 heavy (non-hydrogen) atoms. The van der Waals surface area contributed by atoms with E-state index in [0.29, 0.717) is 29.6 Å². The molecule has 0 aliphatic rings. The standard InChI is InChI=1S/C15H20FN3O/c1-4-10(2)17-9-14-18-8-12(19-14)15-11(16)6-5-7-13(15)20-3/h5-8,10,17H,4,9H2,1-3H3,(H,18,19). The summed E-state index contributed by atoms with van der Waals surface area (Å²) in [4.78, 5) is 7.41. The summed E-state index contributed by atoms with van der Waals surface area (Å²) in [5.41, 5.74) is 1.04. The fourth-order valence-electron chi connectivity index (χ4n) is 1.93. The van der Waals surface area contributed by atoms with E-state index in [1.54, 1.807) is 18.3 Å². The monoisotopic (exact) mass is 277 g/mol. The maximum atomic E-state index is 14.0. The first kappa shape index (κ1) is 14.5. The van der Waals surface area contributed by atoms with Gasteiger partial charge in [0.15, 0.2) is 0 Å². The third-order valence-corrected chi connectivity index (χ3v) is 3.32. The highest BCUT2D eigenvalue weighted by Crippen LogP contribution is 2.31. The van der Waals surface area contributed by atoms with Crippen LogP contribution < -0.4 is 10.1 Å². The third kappa shape index (κ3) is 3.17. The molecule has 1 atom stereocenters. The van der Waals surface area contributed by atoms with Gasteiger partial charge in [0, 0.05) is 6.04 Å². The van der Waals surface area contributed by atoms with Crippen LogP contribution in [0.5, 0.6) is 5.75 Å². The molecule has 2 N–H and O–H groups in total. The van der Waals surface area contributed by atoms with Crippen molar-refractivity contribution in [2.75, 3.05) is 7.11 Å². The molecule has 0 spiro atoms. The maximum absolute atomic E-state index is 14.0. The molecule has 0 bridgehead atoms. The Balaban J connectivity index is 2.21. The van der Waals surface area contributed by atoms with E-state index in [-0.39, 0.29) is 5.82 Å². The summed E-state index contributed by atoms with van der Waals surface area (Å²) in [6, 6.07) is 5.19. The van der Waals surface area contributed by atoms with Crippen LogP contribution in [-0.2, 0) is 6.54 Å². The van der Waals surface area contributed by atoms with Crippen molar-refractivity contribution in [1.29, 1.82) is 0 Å². The molecule has 0 aliphatic carbocycles. The first-order chi connectivity index (χ1) is 9.65. The minimum absolute atomic E-state index is 0.325. The number of hydrogen-bond acceptors (Lipinski definition) is 3. The molecule has 4 nitrogen and oxygen atoms in total. The van der Waals surface area contributed by atoms with E-state index in [1.807, 2.05) is 0 Å². The minimum Gasteiger partial charge on any atom is -0.496 e. The number of H-pyrrole nitrogens is 1. The van der Waals surface area contributed by atoms with E-state index < -0.39 is 0 Å². The third-order valence-electron chi connectivity index (χ3n) is 3.32. The van der Waals surface area contributed by atoms with E-state index in [4.69, 9.17) is 4.74 Å². The lowest BCUT2D eigenvalue weighted by atomic mass is 10.1. The molecular formula is C15H20FN3O. The number of aromatic nitrogens is 2. The summed E-state index contributed by atoms with van der Waals surface area (Å²) in [7, 11) is 1.53. The van der Waals surface area contributed by atoms with Gasteiger partial charge < -0.3 is 15.0 Å². The fourth-order valence-corrected chi connectivity index (χ4v) is 1.93. The molecule has 1 aromatic carbocycles. The Bertz CT molecular complexity index is 568. The molecule has 2 rings (SSSR count). The van der Waals surface area contributed by atoms with Crippen LogP contribution in [0, 0.1) is 5.82 Å². The number of rotatable bonds is 6. The Kier molecular flexibility index (Phi) is 4.74. The number of ether oxygens (including phenoxy) is 1.